The number of aliphatic hydroxyl groups excluding tert-OH is 1. The van der Waals surface area contributed by atoms with E-state index in [1.165, 1.54) is 18.2 Å². The van der Waals surface area contributed by atoms with Gasteiger partial charge in [-0.05, 0) is 36.6 Å². The summed E-state index contributed by atoms with van der Waals surface area (Å²) in [6.07, 6.45) is 6.47. The molecule has 0 saturated carbocycles. The van der Waals surface area contributed by atoms with Crippen molar-refractivity contribution in [2.24, 2.45) is 5.92 Å². The Morgan fingerprint density at radius 3 is 2.50 bits per heavy atom. The fraction of sp³-hybridized carbons (Fsp3) is 0.333. The van der Waals surface area contributed by atoms with Gasteiger partial charge in [-0.1, -0.05) is 50.1 Å². The lowest BCUT2D eigenvalue weighted by atomic mass is 10.0. The molecule has 5 nitrogen and oxygen atoms in total. The number of aromatic hydroxyl groups is 1. The highest BCUT2D eigenvalue weighted by Crippen LogP contribution is 2.19. The van der Waals surface area contributed by atoms with Crippen molar-refractivity contribution in [3.63, 3.8) is 0 Å². The molecule has 0 radical (unpaired) electrons. The third-order valence-electron chi connectivity index (χ3n) is 4.42. The molecule has 1 aromatic carbocycles. The average Bonchev–Trinajstić information content (AvgIpc) is 2.88. The molecule has 0 aromatic heterocycles. The highest BCUT2D eigenvalue weighted by Gasteiger charge is 2.37. The van der Waals surface area contributed by atoms with Crippen LogP contribution in [-0.2, 0) is 16.0 Å². The molecule has 3 N–H and O–H groups in total. The zero-order valence-corrected chi connectivity index (χ0v) is 15.3. The van der Waals surface area contributed by atoms with E-state index in [9.17, 15) is 19.8 Å². The van der Waals surface area contributed by atoms with Gasteiger partial charge in [0.2, 0.25) is 0 Å². The standard InChI is InChI=1S/C21H25NO4/c1-4-13(2)11-14(3)5-10-18(24)19-20(25)17(22-21(19)26)12-15-6-8-16(23)9-7-15/h5-11,13,17,23-24H,4,12H2,1-3H3,(H,22,26)/b10-5+,14-11+,19-18?/t13-,17-/m1/s1. The molecular formula is C21H25NO4. The number of allylic oxidation sites excluding steroid dienone is 4. The van der Waals surface area contributed by atoms with E-state index in [1.54, 1.807) is 18.2 Å². The second-order valence-corrected chi connectivity index (χ2v) is 6.65. The summed E-state index contributed by atoms with van der Waals surface area (Å²) in [7, 11) is 0. The number of ketones is 1. The molecule has 1 aliphatic heterocycles. The van der Waals surface area contributed by atoms with Gasteiger partial charge in [0, 0.05) is 6.42 Å². The van der Waals surface area contributed by atoms with Crippen molar-refractivity contribution >= 4 is 11.7 Å². The molecule has 26 heavy (non-hydrogen) atoms. The Morgan fingerprint density at radius 2 is 1.88 bits per heavy atom. The number of aliphatic hydroxyl groups is 1. The van der Waals surface area contributed by atoms with Gasteiger partial charge >= 0.3 is 0 Å². The van der Waals surface area contributed by atoms with Gasteiger partial charge in [-0.2, -0.15) is 0 Å². The number of phenols is 1. The summed E-state index contributed by atoms with van der Waals surface area (Å²) in [5, 5.41) is 22.1. The van der Waals surface area contributed by atoms with Gasteiger partial charge in [-0.3, -0.25) is 9.59 Å². The van der Waals surface area contributed by atoms with Crippen LogP contribution in [0.3, 0.4) is 0 Å². The zero-order chi connectivity index (χ0) is 19.3. The number of rotatable bonds is 6. The van der Waals surface area contributed by atoms with E-state index in [1.807, 2.05) is 6.92 Å². The lowest BCUT2D eigenvalue weighted by Crippen LogP contribution is -2.31. The number of amides is 1. The van der Waals surface area contributed by atoms with E-state index >= 15 is 0 Å². The zero-order valence-electron chi connectivity index (χ0n) is 15.3. The topological polar surface area (TPSA) is 86.6 Å². The van der Waals surface area contributed by atoms with Crippen LogP contribution in [0.1, 0.15) is 32.8 Å². The molecular weight excluding hydrogens is 330 g/mol. The van der Waals surface area contributed by atoms with Crippen LogP contribution in [0.4, 0.5) is 0 Å². The Labute approximate surface area is 153 Å². The number of Topliss-reactive ketones (excluding diaryl/α,β-unsaturated/α-hetero) is 1. The monoisotopic (exact) mass is 355 g/mol. The lowest BCUT2D eigenvalue weighted by Gasteiger charge is -2.08. The van der Waals surface area contributed by atoms with Gasteiger partial charge < -0.3 is 15.5 Å². The third-order valence-corrected chi connectivity index (χ3v) is 4.42. The SMILES string of the molecule is CC[C@@H](C)/C=C(C)/C=C/C(O)=C1C(=O)N[C@H](Cc2ccc(O)cc2)C1=O. The van der Waals surface area contributed by atoms with Crippen LogP contribution in [0, 0.1) is 5.92 Å². The molecule has 5 heteroatoms. The molecule has 0 spiro atoms. The molecule has 1 heterocycles. The summed E-state index contributed by atoms with van der Waals surface area (Å²) < 4.78 is 0. The number of carbonyl (C=O) groups is 2. The average molecular weight is 355 g/mol. The van der Waals surface area contributed by atoms with E-state index in [2.05, 4.69) is 25.2 Å². The van der Waals surface area contributed by atoms with Crippen LogP contribution in [0.25, 0.3) is 0 Å². The minimum absolute atomic E-state index is 0.139. The number of hydrogen-bond acceptors (Lipinski definition) is 4. The Kier molecular flexibility index (Phi) is 6.39. The molecule has 1 aliphatic rings. The fourth-order valence-electron chi connectivity index (χ4n) is 2.75. The maximum Gasteiger partial charge on any atom is 0.259 e. The minimum atomic E-state index is -0.714. The Morgan fingerprint density at radius 1 is 1.23 bits per heavy atom. The van der Waals surface area contributed by atoms with E-state index in [0.29, 0.717) is 12.3 Å². The van der Waals surface area contributed by atoms with Crippen molar-refractivity contribution in [3.05, 3.63) is 65.0 Å². The van der Waals surface area contributed by atoms with E-state index < -0.39 is 17.7 Å². The van der Waals surface area contributed by atoms with Gasteiger partial charge in [-0.15, -0.1) is 0 Å². The highest BCUT2D eigenvalue weighted by molar-refractivity contribution is 6.27. The van der Waals surface area contributed by atoms with Gasteiger partial charge in [-0.25, -0.2) is 0 Å². The predicted molar refractivity (Wildman–Crippen MR) is 101 cm³/mol. The van der Waals surface area contributed by atoms with Crippen LogP contribution in [0.5, 0.6) is 5.75 Å². The van der Waals surface area contributed by atoms with Crippen LogP contribution in [0.2, 0.25) is 0 Å². The second-order valence-electron chi connectivity index (χ2n) is 6.65. The quantitative estimate of drug-likeness (QED) is 0.316. The normalized spacial score (nSPS) is 21.2. The Balaban J connectivity index is 2.14. The summed E-state index contributed by atoms with van der Waals surface area (Å²) >= 11 is 0. The summed E-state index contributed by atoms with van der Waals surface area (Å²) in [6, 6.07) is 5.73. The predicted octanol–water partition coefficient (Wildman–Crippen LogP) is 3.36. The van der Waals surface area contributed by atoms with Crippen molar-refractivity contribution in [1.29, 1.82) is 0 Å². The molecule has 0 bridgehead atoms. The van der Waals surface area contributed by atoms with Gasteiger partial charge in [0.15, 0.2) is 5.78 Å². The summed E-state index contributed by atoms with van der Waals surface area (Å²) in [5.41, 5.74) is 1.56. The third kappa shape index (κ3) is 4.85. The van der Waals surface area contributed by atoms with Gasteiger partial charge in [0.05, 0.1) is 6.04 Å². The summed E-state index contributed by atoms with van der Waals surface area (Å²) in [5.74, 6) is -0.754. The Bertz CT molecular complexity index is 772. The lowest BCUT2D eigenvalue weighted by molar-refractivity contribution is -0.117. The smallest absolute Gasteiger partial charge is 0.259 e. The van der Waals surface area contributed by atoms with Crippen molar-refractivity contribution in [3.8, 4) is 5.75 Å². The number of nitrogens with one attached hydrogen (secondary N) is 1. The highest BCUT2D eigenvalue weighted by atomic mass is 16.3. The first-order valence-electron chi connectivity index (χ1n) is 8.74. The first-order valence-corrected chi connectivity index (χ1v) is 8.74. The molecule has 1 aromatic rings. The maximum absolute atomic E-state index is 12.5. The number of phenolic OH excluding ortho intramolecular Hbond substituents is 1. The molecule has 138 valence electrons. The van der Waals surface area contributed by atoms with Gasteiger partial charge in [0.1, 0.15) is 17.1 Å². The van der Waals surface area contributed by atoms with Crippen molar-refractivity contribution in [1.82, 2.24) is 5.32 Å². The van der Waals surface area contributed by atoms with Crippen molar-refractivity contribution < 1.29 is 19.8 Å². The second kappa shape index (κ2) is 8.52. The van der Waals surface area contributed by atoms with Gasteiger partial charge in [0.25, 0.3) is 5.91 Å². The van der Waals surface area contributed by atoms with Crippen LogP contribution in [0.15, 0.2) is 59.4 Å². The number of carbonyl (C=O) groups excluding carboxylic acids is 2. The molecule has 1 saturated heterocycles. The maximum atomic E-state index is 12.5. The Hall–Kier alpha value is -2.82. The van der Waals surface area contributed by atoms with Crippen molar-refractivity contribution in [2.75, 3.05) is 0 Å². The fourth-order valence-corrected chi connectivity index (χ4v) is 2.75. The number of hydrogen-bond donors (Lipinski definition) is 3. The van der Waals surface area contributed by atoms with Crippen LogP contribution in [-0.4, -0.2) is 27.9 Å². The van der Waals surface area contributed by atoms with Crippen molar-refractivity contribution in [2.45, 2.75) is 39.7 Å². The molecule has 1 amide bonds. The van der Waals surface area contributed by atoms with E-state index in [4.69, 9.17) is 0 Å². The van der Waals surface area contributed by atoms with Crippen LogP contribution < -0.4 is 5.32 Å². The van der Waals surface area contributed by atoms with E-state index in [0.717, 1.165) is 17.6 Å². The molecule has 0 aliphatic carbocycles. The molecule has 0 unspecified atom stereocenters. The molecule has 2 atom stereocenters. The summed E-state index contributed by atoms with van der Waals surface area (Å²) in [4.78, 5) is 24.6. The number of benzene rings is 1. The van der Waals surface area contributed by atoms with E-state index in [-0.39, 0.29) is 17.1 Å². The molecule has 2 rings (SSSR count). The first kappa shape index (κ1) is 19.5. The molecule has 1 fully saturated rings. The van der Waals surface area contributed by atoms with Crippen LogP contribution >= 0.6 is 0 Å². The minimum Gasteiger partial charge on any atom is -0.508 e. The largest absolute Gasteiger partial charge is 0.508 e. The summed E-state index contributed by atoms with van der Waals surface area (Å²) in [6.45, 7) is 6.09. The first-order chi connectivity index (χ1) is 12.3.